The maximum atomic E-state index is 12.2. The van der Waals surface area contributed by atoms with E-state index in [1.807, 2.05) is 33.1 Å². The summed E-state index contributed by atoms with van der Waals surface area (Å²) in [6.07, 6.45) is 3.20. The topological polar surface area (TPSA) is 54.9 Å². The van der Waals surface area contributed by atoms with Crippen LogP contribution in [0.25, 0.3) is 11.3 Å². The highest BCUT2D eigenvalue weighted by molar-refractivity contribution is 7.14. The molecule has 5 heteroatoms. The second-order valence-corrected chi connectivity index (χ2v) is 6.36. The summed E-state index contributed by atoms with van der Waals surface area (Å²) in [5, 5.41) is 5.42. The first-order valence-corrected chi connectivity index (χ1v) is 10.2. The van der Waals surface area contributed by atoms with Crippen molar-refractivity contribution in [2.75, 3.05) is 5.32 Å². The van der Waals surface area contributed by atoms with Crippen molar-refractivity contribution in [3.8, 4) is 11.3 Å². The zero-order chi connectivity index (χ0) is 20.4. The van der Waals surface area contributed by atoms with Gasteiger partial charge in [-0.05, 0) is 44.0 Å². The lowest BCUT2D eigenvalue weighted by atomic mass is 9.98. The number of carbonyl (C=O) groups is 1. The Labute approximate surface area is 166 Å². The van der Waals surface area contributed by atoms with E-state index in [4.69, 9.17) is 0 Å². The van der Waals surface area contributed by atoms with E-state index in [9.17, 15) is 4.79 Å². The lowest BCUT2D eigenvalue weighted by molar-refractivity contribution is 0.102. The minimum absolute atomic E-state index is 0.175. The molecule has 3 aromatic rings. The minimum atomic E-state index is -0.175. The van der Waals surface area contributed by atoms with Crippen molar-refractivity contribution in [3.05, 3.63) is 64.3 Å². The fraction of sp³-hybridized carbons (Fsp3) is 0.318. The number of benzene rings is 1. The Morgan fingerprint density at radius 2 is 1.52 bits per heavy atom. The molecule has 4 nitrogen and oxygen atoms in total. The average Bonchev–Trinajstić information content (AvgIpc) is 3.13. The lowest BCUT2D eigenvalue weighted by Gasteiger charge is -2.08. The molecule has 2 heterocycles. The molecule has 1 N–H and O–H groups in total. The number of anilines is 1. The van der Waals surface area contributed by atoms with E-state index in [0.29, 0.717) is 10.7 Å². The van der Waals surface area contributed by atoms with Gasteiger partial charge in [0.25, 0.3) is 5.91 Å². The average molecular weight is 384 g/mol. The van der Waals surface area contributed by atoms with Crippen LogP contribution in [0.4, 0.5) is 5.13 Å². The number of thiazole rings is 1. The number of hydrogen-bond donors (Lipinski definition) is 1. The van der Waals surface area contributed by atoms with E-state index in [2.05, 4.69) is 48.2 Å². The Kier molecular flexibility index (Phi) is 9.37. The first kappa shape index (κ1) is 22.5. The molecule has 0 fully saturated rings. The molecule has 0 saturated carbocycles. The van der Waals surface area contributed by atoms with Gasteiger partial charge in [0.2, 0.25) is 0 Å². The monoisotopic (exact) mass is 383 g/mol. The fourth-order valence-electron chi connectivity index (χ4n) is 2.70. The van der Waals surface area contributed by atoms with Gasteiger partial charge in [0, 0.05) is 28.9 Å². The molecule has 0 spiro atoms. The van der Waals surface area contributed by atoms with Crippen LogP contribution in [-0.4, -0.2) is 15.9 Å². The molecule has 3 rings (SSSR count). The van der Waals surface area contributed by atoms with Crippen LogP contribution >= 0.6 is 11.3 Å². The summed E-state index contributed by atoms with van der Waals surface area (Å²) in [7, 11) is 0. The van der Waals surface area contributed by atoms with Gasteiger partial charge < -0.3 is 0 Å². The normalized spacial score (nSPS) is 9.44. The molecular weight excluding hydrogens is 354 g/mol. The van der Waals surface area contributed by atoms with E-state index >= 15 is 0 Å². The van der Waals surface area contributed by atoms with E-state index in [1.54, 1.807) is 24.5 Å². The standard InChI is InChI=1S/C18H17N3OS.2C2H6/c1-11-8-12(2)16(13(3)9-11)15-10-23-18(20-15)21-17(22)14-4-6-19-7-5-14;2*1-2/h4-10H,1-3H3,(H,20,21,22);2*1-2H3. The summed E-state index contributed by atoms with van der Waals surface area (Å²) in [4.78, 5) is 20.6. The smallest absolute Gasteiger partial charge is 0.257 e. The summed E-state index contributed by atoms with van der Waals surface area (Å²) < 4.78 is 0. The van der Waals surface area contributed by atoms with Gasteiger partial charge in [-0.3, -0.25) is 15.1 Å². The fourth-order valence-corrected chi connectivity index (χ4v) is 3.40. The van der Waals surface area contributed by atoms with Gasteiger partial charge in [-0.25, -0.2) is 4.98 Å². The van der Waals surface area contributed by atoms with Crippen molar-refractivity contribution in [2.24, 2.45) is 0 Å². The molecule has 2 aromatic heterocycles. The second kappa shape index (κ2) is 11.2. The van der Waals surface area contributed by atoms with Gasteiger partial charge in [-0.15, -0.1) is 11.3 Å². The lowest BCUT2D eigenvalue weighted by Crippen LogP contribution is -2.11. The summed E-state index contributed by atoms with van der Waals surface area (Å²) in [5.41, 5.74) is 6.23. The Morgan fingerprint density at radius 3 is 2.07 bits per heavy atom. The Morgan fingerprint density at radius 1 is 0.963 bits per heavy atom. The molecule has 0 unspecified atom stereocenters. The minimum Gasteiger partial charge on any atom is -0.298 e. The van der Waals surface area contributed by atoms with E-state index in [-0.39, 0.29) is 5.91 Å². The van der Waals surface area contributed by atoms with Crippen LogP contribution in [-0.2, 0) is 0 Å². The number of aryl methyl sites for hydroxylation is 3. The van der Waals surface area contributed by atoms with Crippen LogP contribution in [0.1, 0.15) is 54.7 Å². The van der Waals surface area contributed by atoms with Gasteiger partial charge in [0.15, 0.2) is 5.13 Å². The number of amides is 1. The predicted octanol–water partition coefficient (Wildman–Crippen LogP) is 6.44. The highest BCUT2D eigenvalue weighted by Gasteiger charge is 2.13. The Balaban J connectivity index is 0.000000855. The molecule has 1 aromatic carbocycles. The maximum Gasteiger partial charge on any atom is 0.257 e. The molecule has 0 aliphatic heterocycles. The van der Waals surface area contributed by atoms with Crippen LogP contribution in [0.3, 0.4) is 0 Å². The highest BCUT2D eigenvalue weighted by Crippen LogP contribution is 2.31. The summed E-state index contributed by atoms with van der Waals surface area (Å²) in [5.74, 6) is -0.175. The predicted molar refractivity (Wildman–Crippen MR) is 117 cm³/mol. The highest BCUT2D eigenvalue weighted by atomic mass is 32.1. The van der Waals surface area contributed by atoms with Gasteiger partial charge in [0.05, 0.1) is 5.69 Å². The first-order chi connectivity index (χ1) is 13.0. The Hall–Kier alpha value is -2.53. The van der Waals surface area contributed by atoms with E-state index < -0.39 is 0 Å². The summed E-state index contributed by atoms with van der Waals surface area (Å²) >= 11 is 1.43. The van der Waals surface area contributed by atoms with Crippen LogP contribution in [0, 0.1) is 20.8 Å². The molecule has 1 amide bonds. The quantitative estimate of drug-likeness (QED) is 0.566. The number of carbonyl (C=O) groups excluding carboxylic acids is 1. The van der Waals surface area contributed by atoms with E-state index in [0.717, 1.165) is 11.3 Å². The third kappa shape index (κ3) is 6.00. The van der Waals surface area contributed by atoms with Crippen LogP contribution in [0.15, 0.2) is 42.0 Å². The molecule has 0 aliphatic rings. The number of hydrogen-bond acceptors (Lipinski definition) is 4. The van der Waals surface area contributed by atoms with Gasteiger partial charge >= 0.3 is 0 Å². The van der Waals surface area contributed by atoms with Crippen molar-refractivity contribution in [2.45, 2.75) is 48.5 Å². The van der Waals surface area contributed by atoms with Crippen molar-refractivity contribution in [1.82, 2.24) is 9.97 Å². The van der Waals surface area contributed by atoms with Crippen molar-refractivity contribution >= 4 is 22.4 Å². The summed E-state index contributed by atoms with van der Waals surface area (Å²) in [6.45, 7) is 14.3. The Bertz CT molecular complexity index is 834. The van der Waals surface area contributed by atoms with Gasteiger partial charge in [-0.1, -0.05) is 45.4 Å². The molecular formula is C22H29N3OS. The van der Waals surface area contributed by atoms with Crippen LogP contribution < -0.4 is 5.32 Å². The molecule has 0 radical (unpaired) electrons. The third-order valence-corrected chi connectivity index (χ3v) is 4.36. The van der Waals surface area contributed by atoms with Gasteiger partial charge in [-0.2, -0.15) is 0 Å². The first-order valence-electron chi connectivity index (χ1n) is 9.29. The number of aromatic nitrogens is 2. The second-order valence-electron chi connectivity index (χ2n) is 5.50. The zero-order valence-electron chi connectivity index (χ0n) is 17.3. The molecule has 144 valence electrons. The maximum absolute atomic E-state index is 12.2. The molecule has 0 bridgehead atoms. The summed E-state index contributed by atoms with van der Waals surface area (Å²) in [6, 6.07) is 7.66. The van der Waals surface area contributed by atoms with Crippen LogP contribution in [0.5, 0.6) is 0 Å². The SMILES string of the molecule is CC.CC.Cc1cc(C)c(-c2csc(NC(=O)c3ccncc3)n2)c(C)c1. The molecule has 27 heavy (non-hydrogen) atoms. The molecule has 0 saturated heterocycles. The van der Waals surface area contributed by atoms with Crippen molar-refractivity contribution in [3.63, 3.8) is 0 Å². The van der Waals surface area contributed by atoms with Crippen LogP contribution in [0.2, 0.25) is 0 Å². The number of rotatable bonds is 3. The van der Waals surface area contributed by atoms with E-state index in [1.165, 1.54) is 28.0 Å². The third-order valence-electron chi connectivity index (χ3n) is 3.60. The largest absolute Gasteiger partial charge is 0.298 e. The number of pyridine rings is 1. The molecule has 0 aliphatic carbocycles. The molecule has 0 atom stereocenters. The number of nitrogens with one attached hydrogen (secondary N) is 1. The van der Waals surface area contributed by atoms with Crippen molar-refractivity contribution in [1.29, 1.82) is 0 Å². The number of nitrogens with zero attached hydrogens (tertiary/aromatic N) is 2. The zero-order valence-corrected chi connectivity index (χ0v) is 18.1. The van der Waals surface area contributed by atoms with Crippen molar-refractivity contribution < 1.29 is 4.79 Å². The van der Waals surface area contributed by atoms with Gasteiger partial charge in [0.1, 0.15) is 0 Å².